The maximum atomic E-state index is 6.01. The zero-order valence-corrected chi connectivity index (χ0v) is 19.8. The van der Waals surface area contributed by atoms with Crippen LogP contribution >= 0.6 is 0 Å². The van der Waals surface area contributed by atoms with Gasteiger partial charge in [-0.25, -0.2) is 0 Å². The van der Waals surface area contributed by atoms with Crippen molar-refractivity contribution in [1.29, 1.82) is 0 Å². The summed E-state index contributed by atoms with van der Waals surface area (Å²) in [5, 5.41) is 0. The van der Waals surface area contributed by atoms with Gasteiger partial charge in [-0.1, -0.05) is 69.2 Å². The molecule has 2 heterocycles. The van der Waals surface area contributed by atoms with Crippen molar-refractivity contribution in [2.45, 2.75) is 58.3 Å². The number of rotatable bonds is 9. The Hall–Kier alpha value is -2.29. The van der Waals surface area contributed by atoms with Gasteiger partial charge in [0.15, 0.2) is 13.2 Å². The Bertz CT molecular complexity index is 895. The first kappa shape index (κ1) is 21.9. The minimum atomic E-state index is 0.0225. The molecule has 0 N–H and O–H groups in total. The molecule has 1 atom stereocenters. The molecule has 166 valence electrons. The van der Waals surface area contributed by atoms with Crippen molar-refractivity contribution in [2.24, 2.45) is 11.8 Å². The Kier molecular flexibility index (Phi) is 6.69. The van der Waals surface area contributed by atoms with Crippen molar-refractivity contribution in [1.82, 2.24) is 0 Å². The molecular formula is C28H39N2O+. The van der Waals surface area contributed by atoms with Crippen molar-refractivity contribution in [3.05, 3.63) is 65.9 Å². The summed E-state index contributed by atoms with van der Waals surface area (Å²) < 4.78 is 8.26. The van der Waals surface area contributed by atoms with E-state index in [4.69, 9.17) is 4.74 Å². The third-order valence-corrected chi connectivity index (χ3v) is 7.18. The molecule has 3 nitrogen and oxygen atoms in total. The van der Waals surface area contributed by atoms with Crippen LogP contribution in [0.15, 0.2) is 60.3 Å². The molecule has 0 saturated carbocycles. The van der Waals surface area contributed by atoms with Gasteiger partial charge in [0.05, 0.1) is 6.08 Å². The van der Waals surface area contributed by atoms with E-state index in [-0.39, 0.29) is 5.41 Å². The number of para-hydroxylation sites is 1. The number of hydrogen-bond acceptors (Lipinski definition) is 2. The Morgan fingerprint density at radius 1 is 1.19 bits per heavy atom. The van der Waals surface area contributed by atoms with Crippen LogP contribution in [0.3, 0.4) is 0 Å². The summed E-state index contributed by atoms with van der Waals surface area (Å²) in [6, 6.07) is 9.06. The smallest absolute Gasteiger partial charge is 0.364 e. The molecule has 0 saturated heterocycles. The van der Waals surface area contributed by atoms with Crippen LogP contribution in [0.25, 0.3) is 0 Å². The molecule has 3 heteroatoms. The molecule has 0 aromatic heterocycles. The summed E-state index contributed by atoms with van der Waals surface area (Å²) in [4.78, 5) is 2.58. The fraction of sp³-hybridized carbons (Fsp3) is 0.536. The quantitative estimate of drug-likeness (QED) is 0.357. The van der Waals surface area contributed by atoms with Crippen LogP contribution in [-0.4, -0.2) is 37.2 Å². The summed E-state index contributed by atoms with van der Waals surface area (Å²) in [6.07, 6.45) is 17.5. The van der Waals surface area contributed by atoms with E-state index in [9.17, 15) is 0 Å². The summed E-state index contributed by atoms with van der Waals surface area (Å²) >= 11 is 0. The number of allylic oxidation sites excluding steroid dienone is 5. The minimum absolute atomic E-state index is 0.0225. The van der Waals surface area contributed by atoms with Gasteiger partial charge in [0, 0.05) is 23.3 Å². The molecule has 31 heavy (non-hydrogen) atoms. The van der Waals surface area contributed by atoms with Gasteiger partial charge < -0.3 is 9.64 Å². The van der Waals surface area contributed by atoms with Crippen LogP contribution in [0.5, 0.6) is 0 Å². The van der Waals surface area contributed by atoms with Gasteiger partial charge in [-0.2, -0.15) is 4.58 Å². The molecule has 0 amide bonds. The van der Waals surface area contributed by atoms with Gasteiger partial charge in [-0.3, -0.25) is 0 Å². The lowest BCUT2D eigenvalue weighted by Crippen LogP contribution is -2.31. The van der Waals surface area contributed by atoms with E-state index in [1.54, 1.807) is 0 Å². The first-order chi connectivity index (χ1) is 15.0. The largest absolute Gasteiger partial charge is 0.438 e. The third-order valence-electron chi connectivity index (χ3n) is 7.18. The highest BCUT2D eigenvalue weighted by Gasteiger charge is 2.44. The van der Waals surface area contributed by atoms with Crippen LogP contribution in [0.1, 0.15) is 58.4 Å². The molecule has 0 fully saturated rings. The van der Waals surface area contributed by atoms with E-state index in [1.807, 2.05) is 0 Å². The molecule has 1 aliphatic carbocycles. The first-order valence-electron chi connectivity index (χ1n) is 12.1. The molecule has 2 aliphatic heterocycles. The second kappa shape index (κ2) is 9.46. The molecular weight excluding hydrogens is 380 g/mol. The number of fused-ring (bicyclic) bond motifs is 1. The monoisotopic (exact) mass is 419 g/mol. The van der Waals surface area contributed by atoms with Gasteiger partial charge in [0.2, 0.25) is 0 Å². The standard InChI is InChI=1S/C28H39N2O/c1-22(2)16-18-30-25-15-8-7-14-24(25)28(3,17-10-9-13-23-11-5-6-12-23)26(30)21-27-29(4)19-20-31-27/h5-8,11-12,14-15,21-23H,9-10,13,16-20H2,1-4H3/q+1. The van der Waals surface area contributed by atoms with Crippen LogP contribution in [-0.2, 0) is 10.2 Å². The fourth-order valence-electron chi connectivity index (χ4n) is 5.17. The molecule has 1 unspecified atom stereocenters. The second-order valence-electron chi connectivity index (χ2n) is 10.0. The van der Waals surface area contributed by atoms with Crippen LogP contribution in [0.4, 0.5) is 5.69 Å². The predicted octanol–water partition coefficient (Wildman–Crippen LogP) is 6.07. The summed E-state index contributed by atoms with van der Waals surface area (Å²) in [5.74, 6) is 2.34. The second-order valence-corrected chi connectivity index (χ2v) is 10.0. The van der Waals surface area contributed by atoms with Crippen molar-refractivity contribution >= 4 is 11.6 Å². The van der Waals surface area contributed by atoms with E-state index < -0.39 is 0 Å². The summed E-state index contributed by atoms with van der Waals surface area (Å²) in [6.45, 7) is 9.91. The van der Waals surface area contributed by atoms with E-state index in [0.29, 0.717) is 11.8 Å². The van der Waals surface area contributed by atoms with E-state index in [0.717, 1.165) is 25.6 Å². The number of nitrogens with zero attached hydrogens (tertiary/aromatic N) is 2. The zero-order chi connectivity index (χ0) is 21.8. The zero-order valence-electron chi connectivity index (χ0n) is 19.8. The Balaban J connectivity index is 1.62. The van der Waals surface area contributed by atoms with Gasteiger partial charge >= 0.3 is 5.90 Å². The SMILES string of the molecule is CC(C)CCN1C(=CC2=[N+](C)CCO2)C(C)(CCCCC2C=CC=C2)c2ccccc21. The van der Waals surface area contributed by atoms with E-state index in [2.05, 4.69) is 91.9 Å². The lowest BCUT2D eigenvalue weighted by Gasteiger charge is -2.30. The maximum absolute atomic E-state index is 6.01. The van der Waals surface area contributed by atoms with Gasteiger partial charge in [0.1, 0.15) is 7.05 Å². The Morgan fingerprint density at radius 3 is 2.68 bits per heavy atom. The minimum Gasteiger partial charge on any atom is -0.438 e. The Morgan fingerprint density at radius 2 is 1.97 bits per heavy atom. The molecule has 1 aromatic carbocycles. The normalized spacial score (nSPS) is 24.2. The van der Waals surface area contributed by atoms with Gasteiger partial charge in [-0.05, 0) is 49.7 Å². The predicted molar refractivity (Wildman–Crippen MR) is 131 cm³/mol. The molecule has 0 bridgehead atoms. The molecule has 4 rings (SSSR count). The summed E-state index contributed by atoms with van der Waals surface area (Å²) in [5.41, 5.74) is 4.31. The number of likely N-dealkylation sites (N-methyl/N-ethyl adjacent to an activating group) is 1. The average molecular weight is 420 g/mol. The van der Waals surface area contributed by atoms with Crippen LogP contribution < -0.4 is 4.90 Å². The third kappa shape index (κ3) is 4.66. The van der Waals surface area contributed by atoms with Crippen LogP contribution in [0, 0.1) is 11.8 Å². The topological polar surface area (TPSA) is 15.5 Å². The lowest BCUT2D eigenvalue weighted by molar-refractivity contribution is -0.486. The number of hydrogen-bond donors (Lipinski definition) is 0. The highest BCUT2D eigenvalue weighted by molar-refractivity contribution is 5.87. The molecule has 3 aliphatic rings. The number of ether oxygens (including phenoxy) is 1. The highest BCUT2D eigenvalue weighted by atomic mass is 16.5. The summed E-state index contributed by atoms with van der Waals surface area (Å²) in [7, 11) is 2.14. The van der Waals surface area contributed by atoms with Crippen molar-refractivity contribution in [3.63, 3.8) is 0 Å². The highest BCUT2D eigenvalue weighted by Crippen LogP contribution is 2.50. The number of benzene rings is 1. The van der Waals surface area contributed by atoms with E-state index >= 15 is 0 Å². The first-order valence-corrected chi connectivity index (χ1v) is 12.1. The fourth-order valence-corrected chi connectivity index (χ4v) is 5.17. The Labute approximate surface area is 188 Å². The van der Waals surface area contributed by atoms with Crippen molar-refractivity contribution in [3.8, 4) is 0 Å². The van der Waals surface area contributed by atoms with Gasteiger partial charge in [-0.15, -0.1) is 0 Å². The van der Waals surface area contributed by atoms with E-state index in [1.165, 1.54) is 49.1 Å². The molecule has 0 radical (unpaired) electrons. The van der Waals surface area contributed by atoms with Crippen LogP contribution in [0.2, 0.25) is 0 Å². The average Bonchev–Trinajstić information content (AvgIpc) is 3.46. The van der Waals surface area contributed by atoms with Crippen molar-refractivity contribution < 1.29 is 9.31 Å². The number of unbranched alkanes of at least 4 members (excludes halogenated alkanes) is 1. The lowest BCUT2D eigenvalue weighted by atomic mass is 9.77. The number of anilines is 1. The molecule has 0 spiro atoms. The van der Waals surface area contributed by atoms with Crippen molar-refractivity contribution in [2.75, 3.05) is 31.6 Å². The molecule has 1 aromatic rings. The van der Waals surface area contributed by atoms with Gasteiger partial charge in [0.25, 0.3) is 0 Å². The maximum Gasteiger partial charge on any atom is 0.364 e.